The first-order valence-electron chi connectivity index (χ1n) is 7.78. The molecule has 0 amide bonds. The molecule has 1 fully saturated rings. The Balaban J connectivity index is 2.11. The van der Waals surface area contributed by atoms with Crippen LogP contribution in [-0.2, 0) is 13.6 Å². The molecule has 0 radical (unpaired) electrons. The second kappa shape index (κ2) is 5.86. The number of aryl methyl sites for hydroxylation is 2. The first-order valence-corrected chi connectivity index (χ1v) is 7.78. The highest BCUT2D eigenvalue weighted by Gasteiger charge is 2.33. The maximum absolute atomic E-state index is 4.47. The van der Waals surface area contributed by atoms with Gasteiger partial charge in [-0.15, -0.1) is 0 Å². The summed E-state index contributed by atoms with van der Waals surface area (Å²) in [6.07, 6.45) is 1.20. The Morgan fingerprint density at radius 2 is 2.10 bits per heavy atom. The van der Waals surface area contributed by atoms with Crippen molar-refractivity contribution in [2.45, 2.75) is 59.7 Å². The van der Waals surface area contributed by atoms with Crippen LogP contribution in [0.4, 0.5) is 0 Å². The quantitative estimate of drug-likeness (QED) is 0.921. The second-order valence-electron chi connectivity index (χ2n) is 7.22. The summed E-state index contributed by atoms with van der Waals surface area (Å²) in [5.41, 5.74) is 2.73. The van der Waals surface area contributed by atoms with E-state index in [9.17, 15) is 0 Å². The van der Waals surface area contributed by atoms with Gasteiger partial charge in [-0.3, -0.25) is 9.58 Å². The largest absolute Gasteiger partial charge is 0.311 e. The van der Waals surface area contributed by atoms with Crippen molar-refractivity contribution in [1.29, 1.82) is 0 Å². The third kappa shape index (κ3) is 3.41. The minimum Gasteiger partial charge on any atom is -0.311 e. The van der Waals surface area contributed by atoms with Crippen molar-refractivity contribution in [3.05, 3.63) is 17.5 Å². The molecule has 1 aliphatic rings. The molecule has 1 aromatic rings. The third-order valence-corrected chi connectivity index (χ3v) is 4.51. The lowest BCUT2D eigenvalue weighted by atomic mass is 9.84. The van der Waals surface area contributed by atoms with Gasteiger partial charge in [0.05, 0.1) is 11.4 Å². The molecular formula is C16H30N4. The lowest BCUT2D eigenvalue weighted by Crippen LogP contribution is -2.59. The van der Waals surface area contributed by atoms with Crippen LogP contribution in [0.25, 0.3) is 0 Å². The van der Waals surface area contributed by atoms with E-state index in [2.05, 4.69) is 56.0 Å². The van der Waals surface area contributed by atoms with Gasteiger partial charge in [0, 0.05) is 38.8 Å². The highest BCUT2D eigenvalue weighted by Crippen LogP contribution is 2.25. The van der Waals surface area contributed by atoms with Gasteiger partial charge in [-0.25, -0.2) is 0 Å². The Morgan fingerprint density at radius 1 is 1.40 bits per heavy atom. The molecule has 1 saturated heterocycles. The van der Waals surface area contributed by atoms with Crippen LogP contribution in [0.2, 0.25) is 0 Å². The van der Waals surface area contributed by atoms with E-state index in [1.165, 1.54) is 12.1 Å². The van der Waals surface area contributed by atoms with Gasteiger partial charge in [-0.2, -0.15) is 5.10 Å². The normalized spacial score (nSPS) is 25.1. The van der Waals surface area contributed by atoms with E-state index in [4.69, 9.17) is 0 Å². The number of nitrogens with one attached hydrogen (secondary N) is 1. The van der Waals surface area contributed by atoms with E-state index in [0.717, 1.165) is 25.3 Å². The van der Waals surface area contributed by atoms with Crippen LogP contribution in [0.5, 0.6) is 0 Å². The van der Waals surface area contributed by atoms with Gasteiger partial charge < -0.3 is 5.32 Å². The van der Waals surface area contributed by atoms with Crippen LogP contribution in [0, 0.1) is 12.3 Å². The Hall–Kier alpha value is -0.870. The predicted octanol–water partition coefficient (Wildman–Crippen LogP) is 2.33. The summed E-state index contributed by atoms with van der Waals surface area (Å²) < 4.78 is 2.02. The van der Waals surface area contributed by atoms with Crippen molar-refractivity contribution in [2.24, 2.45) is 12.5 Å². The smallest absolute Gasteiger partial charge is 0.0597 e. The van der Waals surface area contributed by atoms with Crippen LogP contribution < -0.4 is 5.32 Å². The maximum Gasteiger partial charge on any atom is 0.0597 e. The van der Waals surface area contributed by atoms with Gasteiger partial charge in [-0.1, -0.05) is 27.7 Å². The highest BCUT2D eigenvalue weighted by molar-refractivity contribution is 5.09. The fourth-order valence-electron chi connectivity index (χ4n) is 3.05. The van der Waals surface area contributed by atoms with E-state index in [1.807, 2.05) is 11.7 Å². The van der Waals surface area contributed by atoms with Crippen molar-refractivity contribution in [2.75, 3.05) is 13.1 Å². The lowest BCUT2D eigenvalue weighted by Gasteiger charge is -2.44. The van der Waals surface area contributed by atoms with Crippen molar-refractivity contribution in [3.8, 4) is 0 Å². The van der Waals surface area contributed by atoms with Crippen LogP contribution in [-0.4, -0.2) is 39.9 Å². The Bertz CT molecular complexity index is 444. The summed E-state index contributed by atoms with van der Waals surface area (Å²) in [6.45, 7) is 14.5. The molecule has 4 nitrogen and oxygen atoms in total. The average molecular weight is 278 g/mol. The zero-order chi connectivity index (χ0) is 14.9. The maximum atomic E-state index is 4.47. The van der Waals surface area contributed by atoms with E-state index < -0.39 is 0 Å². The highest BCUT2D eigenvalue weighted by atomic mass is 15.3. The van der Waals surface area contributed by atoms with Gasteiger partial charge in [0.1, 0.15) is 0 Å². The monoisotopic (exact) mass is 278 g/mol. The summed E-state index contributed by atoms with van der Waals surface area (Å²) in [7, 11) is 2.05. The number of hydrogen-bond acceptors (Lipinski definition) is 3. The molecule has 2 unspecified atom stereocenters. The Kier molecular flexibility index (Phi) is 4.55. The van der Waals surface area contributed by atoms with E-state index >= 15 is 0 Å². The zero-order valence-electron chi connectivity index (χ0n) is 13.9. The average Bonchev–Trinajstić information content (AvgIpc) is 2.66. The van der Waals surface area contributed by atoms with Crippen molar-refractivity contribution >= 4 is 0 Å². The number of hydrogen-bond donors (Lipinski definition) is 1. The van der Waals surface area contributed by atoms with Gasteiger partial charge >= 0.3 is 0 Å². The van der Waals surface area contributed by atoms with Gasteiger partial charge in [-0.05, 0) is 24.8 Å². The fourth-order valence-corrected chi connectivity index (χ4v) is 3.05. The van der Waals surface area contributed by atoms with Crippen LogP contribution in [0.3, 0.4) is 0 Å². The van der Waals surface area contributed by atoms with Crippen molar-refractivity contribution in [1.82, 2.24) is 20.0 Å². The molecule has 0 aromatic carbocycles. The number of rotatable bonds is 3. The second-order valence-corrected chi connectivity index (χ2v) is 7.22. The minimum absolute atomic E-state index is 0.305. The molecule has 4 heteroatoms. The minimum atomic E-state index is 0.305. The fraction of sp³-hybridized carbons (Fsp3) is 0.812. The van der Waals surface area contributed by atoms with Crippen LogP contribution >= 0.6 is 0 Å². The molecule has 0 saturated carbocycles. The Morgan fingerprint density at radius 3 is 2.60 bits per heavy atom. The van der Waals surface area contributed by atoms with E-state index in [0.29, 0.717) is 17.5 Å². The summed E-state index contributed by atoms with van der Waals surface area (Å²) >= 11 is 0. The molecule has 0 aliphatic carbocycles. The molecule has 2 atom stereocenters. The van der Waals surface area contributed by atoms with Crippen molar-refractivity contribution < 1.29 is 0 Å². The van der Waals surface area contributed by atoms with E-state index in [1.54, 1.807) is 0 Å². The summed E-state index contributed by atoms with van der Waals surface area (Å²) in [6, 6.07) is 3.39. The summed E-state index contributed by atoms with van der Waals surface area (Å²) in [5.74, 6) is 0. The SMILES string of the molecule is CCC1CNC(C(C)(C)C)CN1Cc1cc(C)nn1C. The molecule has 1 aliphatic heterocycles. The van der Waals surface area contributed by atoms with Crippen LogP contribution in [0.15, 0.2) is 6.07 Å². The summed E-state index contributed by atoms with van der Waals surface area (Å²) in [5, 5.41) is 8.20. The zero-order valence-corrected chi connectivity index (χ0v) is 13.9. The molecule has 0 spiro atoms. The predicted molar refractivity (Wildman–Crippen MR) is 83.7 cm³/mol. The molecule has 2 heterocycles. The topological polar surface area (TPSA) is 33.1 Å². The standard InChI is InChI=1S/C16H30N4/c1-7-13-9-17-15(16(3,4)5)11-20(13)10-14-8-12(2)18-19(14)6/h8,13,15,17H,7,9-11H2,1-6H3. The summed E-state index contributed by atoms with van der Waals surface area (Å²) in [4.78, 5) is 2.63. The number of aromatic nitrogens is 2. The molecule has 0 bridgehead atoms. The number of nitrogens with zero attached hydrogens (tertiary/aromatic N) is 3. The van der Waals surface area contributed by atoms with Gasteiger partial charge in [0.25, 0.3) is 0 Å². The Labute approximate surface area is 123 Å². The molecule has 20 heavy (non-hydrogen) atoms. The lowest BCUT2D eigenvalue weighted by molar-refractivity contribution is 0.0755. The van der Waals surface area contributed by atoms with Crippen LogP contribution in [0.1, 0.15) is 45.5 Å². The molecule has 1 aromatic heterocycles. The number of piperazine rings is 1. The van der Waals surface area contributed by atoms with Gasteiger partial charge in [0.2, 0.25) is 0 Å². The van der Waals surface area contributed by atoms with Crippen molar-refractivity contribution in [3.63, 3.8) is 0 Å². The third-order valence-electron chi connectivity index (χ3n) is 4.51. The molecule has 2 rings (SSSR count). The van der Waals surface area contributed by atoms with Gasteiger partial charge in [0.15, 0.2) is 0 Å². The van der Waals surface area contributed by atoms with E-state index in [-0.39, 0.29) is 0 Å². The molecule has 1 N–H and O–H groups in total. The first kappa shape index (κ1) is 15.5. The molecular weight excluding hydrogens is 248 g/mol. The first-order chi connectivity index (χ1) is 9.31. The molecule has 114 valence electrons.